The molecular formula is C27H40OSn. The molecule has 2 rings (SSSR count). The van der Waals surface area contributed by atoms with E-state index in [1.807, 2.05) is 0 Å². The first-order chi connectivity index (χ1) is 14.2. The van der Waals surface area contributed by atoms with Gasteiger partial charge in [0.1, 0.15) is 0 Å². The van der Waals surface area contributed by atoms with Gasteiger partial charge in [0.25, 0.3) is 0 Å². The first kappa shape index (κ1) is 24.2. The molecule has 158 valence electrons. The van der Waals surface area contributed by atoms with Gasteiger partial charge in [0.2, 0.25) is 0 Å². The van der Waals surface area contributed by atoms with Gasteiger partial charge in [-0.05, 0) is 0 Å². The Bertz CT molecular complexity index is 713. The monoisotopic (exact) mass is 500 g/mol. The van der Waals surface area contributed by atoms with Crippen molar-refractivity contribution in [3.8, 4) is 0 Å². The summed E-state index contributed by atoms with van der Waals surface area (Å²) in [4.78, 5) is 0. The molecule has 0 saturated carbocycles. The van der Waals surface area contributed by atoms with Gasteiger partial charge in [-0.1, -0.05) is 0 Å². The zero-order valence-corrected chi connectivity index (χ0v) is 21.6. The molecule has 1 nitrogen and oxygen atoms in total. The van der Waals surface area contributed by atoms with Gasteiger partial charge in [-0.2, -0.15) is 0 Å². The summed E-state index contributed by atoms with van der Waals surface area (Å²) in [6, 6.07) is 19.5. The first-order valence-electron chi connectivity index (χ1n) is 11.7. The Hall–Kier alpha value is -1.06. The second-order valence-corrected chi connectivity index (χ2v) is 21.5. The van der Waals surface area contributed by atoms with Gasteiger partial charge in [0.15, 0.2) is 0 Å². The average Bonchev–Trinajstić information content (AvgIpc) is 2.78. The van der Waals surface area contributed by atoms with Gasteiger partial charge in [-0.25, -0.2) is 0 Å². The molecule has 0 unspecified atom stereocenters. The summed E-state index contributed by atoms with van der Waals surface area (Å²) in [7, 11) is 0. The predicted molar refractivity (Wildman–Crippen MR) is 132 cm³/mol. The summed E-state index contributed by atoms with van der Waals surface area (Å²) in [5, 5.41) is 10.1. The minimum atomic E-state index is -2.67. The van der Waals surface area contributed by atoms with Crippen LogP contribution >= 0.6 is 0 Å². The molecule has 29 heavy (non-hydrogen) atoms. The average molecular weight is 499 g/mol. The van der Waals surface area contributed by atoms with Crippen LogP contribution in [0.5, 0.6) is 0 Å². The van der Waals surface area contributed by atoms with E-state index in [0.717, 1.165) is 5.56 Å². The molecule has 0 aliphatic heterocycles. The molecule has 0 amide bonds. The molecule has 2 aromatic rings. The van der Waals surface area contributed by atoms with Gasteiger partial charge in [0, 0.05) is 0 Å². The van der Waals surface area contributed by atoms with Crippen LogP contribution in [0.4, 0.5) is 0 Å². The Morgan fingerprint density at radius 2 is 1.28 bits per heavy atom. The van der Waals surface area contributed by atoms with Crippen LogP contribution in [-0.2, 0) is 6.61 Å². The van der Waals surface area contributed by atoms with Crippen molar-refractivity contribution in [2.45, 2.75) is 79.2 Å². The van der Waals surface area contributed by atoms with E-state index in [-0.39, 0.29) is 6.61 Å². The van der Waals surface area contributed by atoms with Crippen LogP contribution in [0, 0.1) is 0 Å². The van der Waals surface area contributed by atoms with Crippen molar-refractivity contribution < 1.29 is 5.11 Å². The van der Waals surface area contributed by atoms with Crippen LogP contribution in [0.1, 0.15) is 76.0 Å². The minimum absolute atomic E-state index is 0.125. The maximum atomic E-state index is 10.1. The molecule has 0 saturated heterocycles. The van der Waals surface area contributed by atoms with Crippen molar-refractivity contribution in [2.24, 2.45) is 0 Å². The van der Waals surface area contributed by atoms with E-state index in [0.29, 0.717) is 0 Å². The van der Waals surface area contributed by atoms with Crippen LogP contribution in [0.25, 0.3) is 9.67 Å². The maximum absolute atomic E-state index is 10.1. The van der Waals surface area contributed by atoms with Gasteiger partial charge in [-0.3, -0.25) is 0 Å². The van der Waals surface area contributed by atoms with Crippen molar-refractivity contribution in [2.75, 3.05) is 0 Å². The molecule has 1 N–H and O–H groups in total. The zero-order valence-electron chi connectivity index (χ0n) is 18.8. The summed E-state index contributed by atoms with van der Waals surface area (Å²) >= 11 is -2.67. The molecule has 0 spiro atoms. The van der Waals surface area contributed by atoms with Crippen LogP contribution in [-0.4, -0.2) is 23.5 Å². The summed E-state index contributed by atoms with van der Waals surface area (Å²) in [5.41, 5.74) is 3.74. The van der Waals surface area contributed by atoms with E-state index >= 15 is 0 Å². The van der Waals surface area contributed by atoms with Gasteiger partial charge < -0.3 is 0 Å². The molecule has 2 heteroatoms. The fourth-order valence-electron chi connectivity index (χ4n) is 4.48. The second-order valence-electron chi connectivity index (χ2n) is 8.37. The molecule has 2 aromatic carbocycles. The van der Waals surface area contributed by atoms with Crippen molar-refractivity contribution in [1.29, 1.82) is 0 Å². The number of benzene rings is 2. The third kappa shape index (κ3) is 7.00. The molecule has 0 aliphatic rings. The van der Waals surface area contributed by atoms with Crippen LogP contribution in [0.3, 0.4) is 0 Å². The number of aliphatic hydroxyl groups excluding tert-OH is 1. The van der Waals surface area contributed by atoms with E-state index in [4.69, 9.17) is 0 Å². The second kappa shape index (κ2) is 13.3. The quantitative estimate of drug-likeness (QED) is 0.218. The van der Waals surface area contributed by atoms with Gasteiger partial charge in [0.05, 0.1) is 0 Å². The molecule has 0 bridgehead atoms. The Labute approximate surface area is 183 Å². The summed E-state index contributed by atoms with van der Waals surface area (Å²) in [6.45, 7) is 7.12. The topological polar surface area (TPSA) is 20.2 Å². The SMILES string of the molecule is CCC[CH2][Sn]([CH2]CCC)([CH2]CCC)/[C](=C/c1ccccc1)c1ccccc1CO. The molecule has 0 aliphatic carbocycles. The molecular weight excluding hydrogens is 459 g/mol. The Morgan fingerprint density at radius 1 is 0.759 bits per heavy atom. The number of aliphatic hydroxyl groups is 1. The summed E-state index contributed by atoms with van der Waals surface area (Å²) < 4.78 is 5.95. The number of rotatable bonds is 13. The number of hydrogen-bond acceptors (Lipinski definition) is 1. The fraction of sp³-hybridized carbons (Fsp3) is 0.481. The van der Waals surface area contributed by atoms with Crippen molar-refractivity contribution in [1.82, 2.24) is 0 Å². The molecule has 0 fully saturated rings. The van der Waals surface area contributed by atoms with E-state index < -0.39 is 18.4 Å². The van der Waals surface area contributed by atoms with Crippen molar-refractivity contribution in [3.05, 3.63) is 71.3 Å². The molecule has 0 heterocycles. The van der Waals surface area contributed by atoms with E-state index in [2.05, 4.69) is 81.4 Å². The number of hydrogen-bond donors (Lipinski definition) is 1. The Kier molecular flexibility index (Phi) is 11.1. The standard InChI is InChI=1S/C15H13O.3C4H9.Sn/c16-12-15-9-5-4-8-14(15)11-10-13-6-2-1-3-7-13;3*1-3-4-2;/h1-10,16H,12H2;3*1,3-4H2,2H3;. The first-order valence-corrected chi connectivity index (χ1v) is 19.1. The van der Waals surface area contributed by atoms with Crippen molar-refractivity contribution >= 4 is 28.0 Å². The fourth-order valence-corrected chi connectivity index (χ4v) is 21.4. The van der Waals surface area contributed by atoms with Crippen molar-refractivity contribution in [3.63, 3.8) is 0 Å². The van der Waals surface area contributed by atoms with E-state index in [1.54, 1.807) is 3.59 Å². The predicted octanol–water partition coefficient (Wildman–Crippen LogP) is 8.11. The third-order valence-electron chi connectivity index (χ3n) is 6.19. The van der Waals surface area contributed by atoms with Crippen LogP contribution < -0.4 is 0 Å². The Morgan fingerprint density at radius 3 is 1.79 bits per heavy atom. The van der Waals surface area contributed by atoms with Crippen LogP contribution in [0.2, 0.25) is 13.3 Å². The molecule has 0 aromatic heterocycles. The van der Waals surface area contributed by atoms with Crippen LogP contribution in [0.15, 0.2) is 54.6 Å². The summed E-state index contributed by atoms with van der Waals surface area (Å²) in [6.07, 6.45) is 10.4. The van der Waals surface area contributed by atoms with E-state index in [1.165, 1.54) is 63.0 Å². The van der Waals surface area contributed by atoms with E-state index in [9.17, 15) is 5.11 Å². The zero-order chi connectivity index (χ0) is 21.0. The van der Waals surface area contributed by atoms with Gasteiger partial charge in [-0.15, -0.1) is 0 Å². The number of unbranched alkanes of at least 4 members (excludes halogenated alkanes) is 3. The third-order valence-corrected chi connectivity index (χ3v) is 21.9. The summed E-state index contributed by atoms with van der Waals surface area (Å²) in [5.74, 6) is 0. The normalized spacial score (nSPS) is 12.3. The van der Waals surface area contributed by atoms with Gasteiger partial charge >= 0.3 is 184 Å². The Balaban J connectivity index is 2.68. The molecule has 0 atom stereocenters. The molecule has 0 radical (unpaired) electrons.